The second kappa shape index (κ2) is 2.74. The number of hydrogen-bond acceptors (Lipinski definition) is 3. The van der Waals surface area contributed by atoms with Crippen LogP contribution in [-0.4, -0.2) is 28.8 Å². The molecule has 0 aromatic carbocycles. The molecule has 11 heavy (non-hydrogen) atoms. The van der Waals surface area contributed by atoms with Gasteiger partial charge in [0.2, 0.25) is 0 Å². The summed E-state index contributed by atoms with van der Waals surface area (Å²) in [6.45, 7) is 4.07. The molecule has 64 valence electrons. The van der Waals surface area contributed by atoms with Crippen LogP contribution in [0.5, 0.6) is 0 Å². The first-order valence-corrected chi connectivity index (χ1v) is 3.94. The molecule has 2 atom stereocenters. The Morgan fingerprint density at radius 1 is 1.73 bits per heavy atom. The summed E-state index contributed by atoms with van der Waals surface area (Å²) in [4.78, 5) is 1.81. The molecule has 2 unspecified atom stereocenters. The van der Waals surface area contributed by atoms with Crippen LogP contribution in [0.4, 0.5) is 0 Å². The smallest absolute Gasteiger partial charge is 0.149 e. The molecule has 0 amide bonds. The molecular formula is C8H16N2O. The van der Waals surface area contributed by atoms with Gasteiger partial charge in [-0.25, -0.2) is 0 Å². The first kappa shape index (κ1) is 8.40. The van der Waals surface area contributed by atoms with Crippen LogP contribution >= 0.6 is 0 Å². The van der Waals surface area contributed by atoms with Gasteiger partial charge in [0.1, 0.15) is 6.23 Å². The molecular weight excluding hydrogens is 140 g/mol. The third-order valence-electron chi connectivity index (χ3n) is 2.41. The van der Waals surface area contributed by atoms with Crippen LogP contribution in [0, 0.1) is 0 Å². The largest absolute Gasteiger partial charge is 0.380 e. The molecule has 0 aliphatic carbocycles. The molecule has 3 nitrogen and oxygen atoms in total. The minimum Gasteiger partial charge on any atom is -0.380 e. The molecule has 0 fully saturated rings. The van der Waals surface area contributed by atoms with Gasteiger partial charge in [-0.3, -0.25) is 0 Å². The third kappa shape index (κ3) is 1.33. The summed E-state index contributed by atoms with van der Waals surface area (Å²) in [6.07, 6.45) is 4.18. The lowest BCUT2D eigenvalue weighted by molar-refractivity contribution is -0.0288. The number of nitrogens with zero attached hydrogens (tertiary/aromatic N) is 1. The highest BCUT2D eigenvalue weighted by molar-refractivity contribution is 5.01. The van der Waals surface area contributed by atoms with Gasteiger partial charge in [-0.2, -0.15) is 0 Å². The zero-order valence-corrected chi connectivity index (χ0v) is 7.33. The van der Waals surface area contributed by atoms with E-state index < -0.39 is 6.23 Å². The van der Waals surface area contributed by atoms with Crippen molar-refractivity contribution < 1.29 is 5.11 Å². The highest BCUT2D eigenvalue weighted by Gasteiger charge is 2.34. The Morgan fingerprint density at radius 3 is 2.82 bits per heavy atom. The van der Waals surface area contributed by atoms with Crippen LogP contribution in [0.25, 0.3) is 0 Å². The fourth-order valence-electron chi connectivity index (χ4n) is 1.24. The predicted molar refractivity (Wildman–Crippen MR) is 44.7 cm³/mol. The van der Waals surface area contributed by atoms with E-state index >= 15 is 0 Å². The summed E-state index contributed by atoms with van der Waals surface area (Å²) in [5.74, 6) is 0. The minimum atomic E-state index is -0.433. The Bertz CT molecular complexity index is 169. The molecule has 3 heteroatoms. The summed E-state index contributed by atoms with van der Waals surface area (Å²) in [5.41, 5.74) is -0.205. The fourth-order valence-corrected chi connectivity index (χ4v) is 1.24. The van der Waals surface area contributed by atoms with Crippen LogP contribution in [0.15, 0.2) is 12.4 Å². The van der Waals surface area contributed by atoms with E-state index in [4.69, 9.17) is 0 Å². The van der Waals surface area contributed by atoms with Crippen molar-refractivity contribution >= 4 is 0 Å². The highest BCUT2D eigenvalue weighted by atomic mass is 16.3. The number of nitrogens with one attached hydrogen (secondary N) is 1. The Kier molecular flexibility index (Phi) is 2.09. The summed E-state index contributed by atoms with van der Waals surface area (Å²) in [7, 11) is 1.87. The lowest BCUT2D eigenvalue weighted by Gasteiger charge is -2.41. The molecule has 0 bridgehead atoms. The number of likely N-dealkylation sites (N-methyl/N-ethyl adjacent to an activating group) is 1. The van der Waals surface area contributed by atoms with E-state index in [9.17, 15) is 5.11 Å². The Hall–Kier alpha value is -0.700. The van der Waals surface area contributed by atoms with E-state index in [2.05, 4.69) is 12.2 Å². The molecule has 1 heterocycles. The van der Waals surface area contributed by atoms with E-state index in [1.807, 2.05) is 26.4 Å². The fraction of sp³-hybridized carbons (Fsp3) is 0.750. The summed E-state index contributed by atoms with van der Waals surface area (Å²) in [5, 5.41) is 12.9. The van der Waals surface area contributed by atoms with Crippen molar-refractivity contribution in [3.05, 3.63) is 12.4 Å². The van der Waals surface area contributed by atoms with Crippen molar-refractivity contribution in [1.82, 2.24) is 10.2 Å². The van der Waals surface area contributed by atoms with Crippen molar-refractivity contribution in [3.63, 3.8) is 0 Å². The highest BCUT2D eigenvalue weighted by Crippen LogP contribution is 2.20. The number of hydrogen-bond donors (Lipinski definition) is 2. The van der Waals surface area contributed by atoms with Gasteiger partial charge in [0, 0.05) is 19.4 Å². The minimum absolute atomic E-state index is 0.205. The van der Waals surface area contributed by atoms with Gasteiger partial charge in [-0.1, -0.05) is 6.92 Å². The molecule has 0 aromatic heterocycles. The number of aliphatic hydroxyl groups excluding tert-OH is 1. The summed E-state index contributed by atoms with van der Waals surface area (Å²) in [6, 6.07) is 0. The van der Waals surface area contributed by atoms with Gasteiger partial charge in [-0.05, 0) is 13.3 Å². The average molecular weight is 156 g/mol. The van der Waals surface area contributed by atoms with Crippen LogP contribution in [0.1, 0.15) is 20.3 Å². The Balaban J connectivity index is 2.77. The first-order chi connectivity index (χ1) is 5.10. The maximum absolute atomic E-state index is 9.71. The van der Waals surface area contributed by atoms with Crippen molar-refractivity contribution in [2.45, 2.75) is 32.0 Å². The molecule has 1 aliphatic rings. The Labute approximate surface area is 67.7 Å². The van der Waals surface area contributed by atoms with Crippen molar-refractivity contribution in [1.29, 1.82) is 0 Å². The summed E-state index contributed by atoms with van der Waals surface area (Å²) < 4.78 is 0. The quantitative estimate of drug-likeness (QED) is 0.579. The van der Waals surface area contributed by atoms with Crippen molar-refractivity contribution in [2.24, 2.45) is 0 Å². The maximum atomic E-state index is 9.71. The molecule has 0 saturated heterocycles. The van der Waals surface area contributed by atoms with Crippen molar-refractivity contribution in [3.8, 4) is 0 Å². The van der Waals surface area contributed by atoms with Gasteiger partial charge in [0.05, 0.1) is 5.54 Å². The van der Waals surface area contributed by atoms with Crippen LogP contribution in [-0.2, 0) is 0 Å². The zero-order chi connectivity index (χ0) is 8.48. The van der Waals surface area contributed by atoms with Crippen molar-refractivity contribution in [2.75, 3.05) is 7.05 Å². The van der Waals surface area contributed by atoms with E-state index in [0.717, 1.165) is 6.42 Å². The van der Waals surface area contributed by atoms with Gasteiger partial charge in [0.15, 0.2) is 0 Å². The molecule has 2 N–H and O–H groups in total. The molecule has 0 saturated carbocycles. The van der Waals surface area contributed by atoms with E-state index in [1.165, 1.54) is 0 Å². The summed E-state index contributed by atoms with van der Waals surface area (Å²) >= 11 is 0. The van der Waals surface area contributed by atoms with E-state index in [0.29, 0.717) is 0 Å². The molecule has 1 rings (SSSR count). The third-order valence-corrected chi connectivity index (χ3v) is 2.41. The van der Waals surface area contributed by atoms with Gasteiger partial charge in [0.25, 0.3) is 0 Å². The van der Waals surface area contributed by atoms with Crippen LogP contribution in [0.3, 0.4) is 0 Å². The second-order valence-electron chi connectivity index (χ2n) is 3.27. The van der Waals surface area contributed by atoms with E-state index in [1.54, 1.807) is 4.90 Å². The molecule has 0 spiro atoms. The SMILES string of the molecule is CCC1(C)NC=CN(C)C1O. The first-order valence-electron chi connectivity index (χ1n) is 3.94. The monoisotopic (exact) mass is 156 g/mol. The van der Waals surface area contributed by atoms with Crippen LogP contribution < -0.4 is 5.32 Å². The average Bonchev–Trinajstić information content (AvgIpc) is 2.00. The topological polar surface area (TPSA) is 35.5 Å². The molecule has 0 aromatic rings. The maximum Gasteiger partial charge on any atom is 0.149 e. The Morgan fingerprint density at radius 2 is 2.36 bits per heavy atom. The predicted octanol–water partition coefficient (Wildman–Crippen LogP) is 0.480. The second-order valence-corrected chi connectivity index (χ2v) is 3.27. The number of aliphatic hydroxyl groups is 1. The lowest BCUT2D eigenvalue weighted by atomic mass is 9.95. The van der Waals surface area contributed by atoms with Gasteiger partial charge >= 0.3 is 0 Å². The molecule has 0 radical (unpaired) electrons. The van der Waals surface area contributed by atoms with Crippen LogP contribution in [0.2, 0.25) is 0 Å². The van der Waals surface area contributed by atoms with Gasteiger partial charge in [-0.15, -0.1) is 0 Å². The standard InChI is InChI=1S/C8H16N2O/c1-4-8(2)7(11)10(3)6-5-9-8/h5-7,9,11H,4H2,1-3H3. The van der Waals surface area contributed by atoms with E-state index in [-0.39, 0.29) is 5.54 Å². The zero-order valence-electron chi connectivity index (χ0n) is 7.33. The normalized spacial score (nSPS) is 37.1. The lowest BCUT2D eigenvalue weighted by Crippen LogP contribution is -2.57. The number of rotatable bonds is 1. The van der Waals surface area contributed by atoms with Gasteiger partial charge < -0.3 is 15.3 Å². The molecule has 1 aliphatic heterocycles.